The van der Waals surface area contributed by atoms with Crippen LogP contribution in [0.2, 0.25) is 0 Å². The van der Waals surface area contributed by atoms with Crippen LogP contribution in [0.5, 0.6) is 5.75 Å². The molecule has 0 spiro atoms. The van der Waals surface area contributed by atoms with Gasteiger partial charge in [-0.25, -0.2) is 9.97 Å². The molecule has 2 fully saturated rings. The number of nitrogens with one attached hydrogen (secondary N) is 1. The Morgan fingerprint density at radius 1 is 1.10 bits per heavy atom. The molecule has 1 N–H and O–H groups in total. The summed E-state index contributed by atoms with van der Waals surface area (Å²) in [5, 5.41) is 14.1. The molecule has 5 rings (SSSR count). The molecule has 9 heteroatoms. The second-order valence-electron chi connectivity index (χ2n) is 10.9. The molecule has 0 bridgehead atoms. The van der Waals surface area contributed by atoms with Gasteiger partial charge in [-0.2, -0.15) is 5.26 Å². The number of piperidine rings is 1. The van der Waals surface area contributed by atoms with Crippen LogP contribution in [-0.2, 0) is 4.79 Å². The highest BCUT2D eigenvalue weighted by molar-refractivity contribution is 5.94. The molecular formula is C31H39N7O2. The minimum absolute atomic E-state index is 0.0458. The van der Waals surface area contributed by atoms with E-state index in [1.165, 1.54) is 0 Å². The topological polar surface area (TPSA) is 97.6 Å². The Morgan fingerprint density at radius 2 is 1.82 bits per heavy atom. The molecule has 2 aromatic carbocycles. The van der Waals surface area contributed by atoms with Crippen LogP contribution in [0.1, 0.15) is 55.2 Å². The number of piperazine rings is 1. The van der Waals surface area contributed by atoms with Gasteiger partial charge >= 0.3 is 0 Å². The van der Waals surface area contributed by atoms with Gasteiger partial charge in [0.25, 0.3) is 0 Å². The molecule has 0 aliphatic carbocycles. The first-order valence-corrected chi connectivity index (χ1v) is 14.2. The maximum atomic E-state index is 11.7. The smallest absolute Gasteiger partial charge is 0.219 e. The number of amides is 1. The first-order chi connectivity index (χ1) is 19.3. The molecule has 40 heavy (non-hydrogen) atoms. The fraction of sp³-hybridized carbons (Fsp3) is 0.484. The lowest BCUT2D eigenvalue weighted by Crippen LogP contribution is -2.54. The van der Waals surface area contributed by atoms with Gasteiger partial charge in [-0.15, -0.1) is 0 Å². The molecule has 2 saturated heterocycles. The molecule has 0 radical (unpaired) electrons. The highest BCUT2D eigenvalue weighted by atomic mass is 16.5. The Balaban J connectivity index is 1.38. The van der Waals surface area contributed by atoms with E-state index in [9.17, 15) is 10.1 Å². The maximum Gasteiger partial charge on any atom is 0.219 e. The normalized spacial score (nSPS) is 17.5. The highest BCUT2D eigenvalue weighted by Gasteiger charge is 2.29. The summed E-state index contributed by atoms with van der Waals surface area (Å²) in [4.78, 5) is 28.1. The zero-order valence-corrected chi connectivity index (χ0v) is 24.2. The Morgan fingerprint density at radius 3 is 2.48 bits per heavy atom. The Labute approximate surface area is 236 Å². The number of carbonyl (C=O) groups excluding carboxylic acids is 1. The van der Waals surface area contributed by atoms with Crippen molar-refractivity contribution in [1.29, 1.82) is 5.26 Å². The van der Waals surface area contributed by atoms with Crippen LogP contribution < -0.4 is 15.0 Å². The lowest BCUT2D eigenvalue weighted by atomic mass is 9.98. The van der Waals surface area contributed by atoms with E-state index >= 15 is 0 Å². The van der Waals surface area contributed by atoms with Crippen molar-refractivity contribution in [2.45, 2.75) is 52.6 Å². The van der Waals surface area contributed by atoms with Gasteiger partial charge in [0.05, 0.1) is 36.0 Å². The van der Waals surface area contributed by atoms with Crippen molar-refractivity contribution in [3.8, 4) is 11.8 Å². The van der Waals surface area contributed by atoms with Crippen molar-refractivity contribution >= 4 is 28.3 Å². The van der Waals surface area contributed by atoms with Crippen molar-refractivity contribution in [2.75, 3.05) is 56.6 Å². The number of benzene rings is 2. The van der Waals surface area contributed by atoms with Crippen LogP contribution in [0.3, 0.4) is 0 Å². The van der Waals surface area contributed by atoms with Gasteiger partial charge in [-0.1, -0.05) is 12.1 Å². The molecule has 3 heterocycles. The van der Waals surface area contributed by atoms with Gasteiger partial charge in [0, 0.05) is 63.7 Å². The molecule has 1 amide bonds. The second kappa shape index (κ2) is 11.7. The van der Waals surface area contributed by atoms with Gasteiger partial charge in [0.2, 0.25) is 5.91 Å². The van der Waals surface area contributed by atoms with E-state index in [1.54, 1.807) is 14.0 Å². The minimum atomic E-state index is -0.0458. The molecule has 210 valence electrons. The number of rotatable bonds is 6. The number of nitrogens with zero attached hydrogens (tertiary/aromatic N) is 6. The molecule has 2 aliphatic heterocycles. The molecule has 3 aromatic rings. The van der Waals surface area contributed by atoms with Crippen molar-refractivity contribution in [3.05, 3.63) is 52.8 Å². The van der Waals surface area contributed by atoms with E-state index < -0.39 is 0 Å². The first-order valence-electron chi connectivity index (χ1n) is 14.2. The van der Waals surface area contributed by atoms with E-state index in [-0.39, 0.29) is 11.9 Å². The number of hydrogen-bond donors (Lipinski definition) is 1. The van der Waals surface area contributed by atoms with E-state index in [1.807, 2.05) is 36.9 Å². The van der Waals surface area contributed by atoms with E-state index in [4.69, 9.17) is 14.7 Å². The molecule has 1 unspecified atom stereocenters. The average molecular weight is 542 g/mol. The zero-order chi connectivity index (χ0) is 28.4. The number of carbonyl (C=O) groups is 1. The molecule has 0 saturated carbocycles. The van der Waals surface area contributed by atoms with Crippen molar-refractivity contribution in [1.82, 2.24) is 19.8 Å². The zero-order valence-electron chi connectivity index (χ0n) is 24.2. The summed E-state index contributed by atoms with van der Waals surface area (Å²) in [6.07, 6.45) is 2.14. The number of aryl methyl sites for hydroxylation is 1. The van der Waals surface area contributed by atoms with E-state index in [0.29, 0.717) is 17.4 Å². The monoisotopic (exact) mass is 541 g/mol. The summed E-state index contributed by atoms with van der Waals surface area (Å²) in [6.45, 7) is 13.1. The molecule has 1 aromatic heterocycles. The van der Waals surface area contributed by atoms with Crippen LogP contribution >= 0.6 is 0 Å². The largest absolute Gasteiger partial charge is 0.495 e. The van der Waals surface area contributed by atoms with Crippen LogP contribution in [0, 0.1) is 25.2 Å². The lowest BCUT2D eigenvalue weighted by Gasteiger charge is -2.43. The molecule has 9 nitrogen and oxygen atoms in total. The summed E-state index contributed by atoms with van der Waals surface area (Å²) >= 11 is 0. The molecular weight excluding hydrogens is 502 g/mol. The van der Waals surface area contributed by atoms with Gasteiger partial charge in [0.1, 0.15) is 17.4 Å². The summed E-state index contributed by atoms with van der Waals surface area (Å²) in [5.41, 5.74) is 4.63. The standard InChI is InChI=1S/C31H39N7O2/c1-20-24(19-32)7-6-8-26(20)21(2)33-31-27-17-29(30(40-5)18-28(27)34-22(3)35-31)38-11-9-25(10-12-38)37-15-13-36(14-16-37)23(4)39/h6-8,17-18,21,25H,9-16H2,1-5H3,(H,33,34,35). The summed E-state index contributed by atoms with van der Waals surface area (Å²) in [6, 6.07) is 12.8. The third kappa shape index (κ3) is 5.54. The van der Waals surface area contributed by atoms with Crippen LogP contribution in [0.25, 0.3) is 10.9 Å². The molecule has 1 atom stereocenters. The quantitative estimate of drug-likeness (QED) is 0.490. The average Bonchev–Trinajstić information content (AvgIpc) is 2.96. The summed E-state index contributed by atoms with van der Waals surface area (Å²) < 4.78 is 5.85. The van der Waals surface area contributed by atoms with Gasteiger partial charge in [0.15, 0.2) is 0 Å². The number of aromatic nitrogens is 2. The maximum absolute atomic E-state index is 11.7. The predicted molar refractivity (Wildman–Crippen MR) is 158 cm³/mol. The predicted octanol–water partition coefficient (Wildman–Crippen LogP) is 4.43. The number of methoxy groups -OCH3 is 1. The summed E-state index contributed by atoms with van der Waals surface area (Å²) in [5.74, 6) is 2.45. The Bertz CT molecular complexity index is 1430. The SMILES string of the molecule is COc1cc2nc(C)nc(NC(C)c3cccc(C#N)c3C)c2cc1N1CCC(N2CCN(C(C)=O)CC2)CC1. The fourth-order valence-electron chi connectivity index (χ4n) is 6.18. The van der Waals surface area contributed by atoms with E-state index in [2.05, 4.69) is 40.2 Å². The summed E-state index contributed by atoms with van der Waals surface area (Å²) in [7, 11) is 1.71. The molecule has 2 aliphatic rings. The number of fused-ring (bicyclic) bond motifs is 1. The minimum Gasteiger partial charge on any atom is -0.495 e. The third-order valence-electron chi connectivity index (χ3n) is 8.51. The van der Waals surface area contributed by atoms with Gasteiger partial charge < -0.3 is 19.9 Å². The lowest BCUT2D eigenvalue weighted by molar-refractivity contribution is -0.130. The third-order valence-corrected chi connectivity index (χ3v) is 8.51. The van der Waals surface area contributed by atoms with Crippen LogP contribution in [0.15, 0.2) is 30.3 Å². The van der Waals surface area contributed by atoms with Crippen LogP contribution in [-0.4, -0.2) is 78.1 Å². The highest BCUT2D eigenvalue weighted by Crippen LogP contribution is 2.37. The van der Waals surface area contributed by atoms with Gasteiger partial charge in [-0.05, 0) is 56.9 Å². The number of anilines is 2. The number of hydrogen-bond acceptors (Lipinski definition) is 8. The number of nitriles is 1. The van der Waals surface area contributed by atoms with Crippen molar-refractivity contribution in [3.63, 3.8) is 0 Å². The Kier molecular flexibility index (Phi) is 8.08. The fourth-order valence-corrected chi connectivity index (χ4v) is 6.18. The van der Waals surface area contributed by atoms with Crippen molar-refractivity contribution < 1.29 is 9.53 Å². The van der Waals surface area contributed by atoms with Crippen molar-refractivity contribution in [2.24, 2.45) is 0 Å². The second-order valence-corrected chi connectivity index (χ2v) is 10.9. The van der Waals surface area contributed by atoms with Gasteiger partial charge in [-0.3, -0.25) is 9.69 Å². The number of ether oxygens (including phenoxy) is 1. The first kappa shape index (κ1) is 27.7. The Hall–Kier alpha value is -3.90. The van der Waals surface area contributed by atoms with Crippen LogP contribution in [0.4, 0.5) is 11.5 Å². The van der Waals surface area contributed by atoms with E-state index in [0.717, 1.165) is 91.4 Å².